The van der Waals surface area contributed by atoms with Crippen LogP contribution >= 0.6 is 24.2 Å². The lowest BCUT2D eigenvalue weighted by Crippen LogP contribution is -2.33. The summed E-state index contributed by atoms with van der Waals surface area (Å²) in [5.74, 6) is 0.424. The molecule has 1 heterocycles. The van der Waals surface area contributed by atoms with E-state index in [4.69, 9.17) is 4.74 Å². The van der Waals surface area contributed by atoms with Crippen molar-refractivity contribution in [1.29, 1.82) is 0 Å². The average molecular weight is 402 g/mol. The van der Waals surface area contributed by atoms with Gasteiger partial charge < -0.3 is 20.3 Å². The number of thioether (sulfide) groups is 1. The van der Waals surface area contributed by atoms with Gasteiger partial charge in [0.25, 0.3) is 5.91 Å². The minimum Gasteiger partial charge on any atom is -0.383 e. The highest BCUT2D eigenvalue weighted by Gasteiger charge is 2.19. The third-order valence-electron chi connectivity index (χ3n) is 4.01. The van der Waals surface area contributed by atoms with Gasteiger partial charge in [0.1, 0.15) is 0 Å². The van der Waals surface area contributed by atoms with E-state index in [9.17, 15) is 9.59 Å². The number of likely N-dealkylation sites (tertiary alicyclic amines) is 1. The van der Waals surface area contributed by atoms with Gasteiger partial charge in [0.2, 0.25) is 5.91 Å². The number of benzene rings is 1. The molecule has 0 bridgehead atoms. The molecule has 8 heteroatoms. The van der Waals surface area contributed by atoms with E-state index < -0.39 is 0 Å². The van der Waals surface area contributed by atoms with E-state index >= 15 is 0 Å². The Kier molecular flexibility index (Phi) is 11.4. The van der Waals surface area contributed by atoms with Crippen molar-refractivity contribution in [3.05, 3.63) is 29.8 Å². The van der Waals surface area contributed by atoms with Gasteiger partial charge in [0.15, 0.2) is 0 Å². The van der Waals surface area contributed by atoms with Gasteiger partial charge >= 0.3 is 0 Å². The summed E-state index contributed by atoms with van der Waals surface area (Å²) in [7, 11) is 1.66. The molecule has 26 heavy (non-hydrogen) atoms. The number of hydrogen-bond donors (Lipinski definition) is 2. The second-order valence-electron chi connectivity index (χ2n) is 5.87. The second kappa shape index (κ2) is 13.0. The van der Waals surface area contributed by atoms with E-state index in [0.717, 1.165) is 37.4 Å². The highest BCUT2D eigenvalue weighted by molar-refractivity contribution is 8.00. The maximum atomic E-state index is 12.4. The SMILES string of the molecule is COCCNCCNC(=O)c1ccccc1SCC(=O)N1CCCC1.Cl. The van der Waals surface area contributed by atoms with Crippen LogP contribution in [0.3, 0.4) is 0 Å². The zero-order valence-corrected chi connectivity index (χ0v) is 16.8. The van der Waals surface area contributed by atoms with Crippen LogP contribution in [0.1, 0.15) is 23.2 Å². The molecule has 0 spiro atoms. The molecule has 1 saturated heterocycles. The highest BCUT2D eigenvalue weighted by Crippen LogP contribution is 2.23. The zero-order chi connectivity index (χ0) is 17.9. The van der Waals surface area contributed by atoms with Crippen molar-refractivity contribution in [1.82, 2.24) is 15.5 Å². The Labute approximate surface area is 165 Å². The summed E-state index contributed by atoms with van der Waals surface area (Å²) in [6.45, 7) is 4.37. The summed E-state index contributed by atoms with van der Waals surface area (Å²) in [6.07, 6.45) is 2.18. The summed E-state index contributed by atoms with van der Waals surface area (Å²) in [5.41, 5.74) is 0.624. The van der Waals surface area contributed by atoms with Crippen LogP contribution in [0.5, 0.6) is 0 Å². The van der Waals surface area contributed by atoms with Gasteiger partial charge in [-0.25, -0.2) is 0 Å². The van der Waals surface area contributed by atoms with Crippen molar-refractivity contribution in [2.24, 2.45) is 0 Å². The number of halogens is 1. The number of carbonyl (C=O) groups is 2. The average Bonchev–Trinajstić information content (AvgIpc) is 3.17. The molecule has 0 radical (unpaired) electrons. The van der Waals surface area contributed by atoms with Crippen molar-refractivity contribution >= 4 is 36.0 Å². The normalized spacial score (nSPS) is 13.3. The standard InChI is InChI=1S/C18H27N3O3S.ClH/c1-24-13-10-19-8-9-20-18(23)15-6-2-3-7-16(15)25-14-17(22)21-11-4-5-12-21;/h2-3,6-7,19H,4-5,8-14H2,1H3,(H,20,23);1H. The summed E-state index contributed by atoms with van der Waals surface area (Å²) in [6, 6.07) is 7.44. The molecule has 0 aliphatic carbocycles. The largest absolute Gasteiger partial charge is 0.383 e. The van der Waals surface area contributed by atoms with Gasteiger partial charge in [-0.2, -0.15) is 0 Å². The third kappa shape index (κ3) is 7.53. The number of ether oxygens (including phenoxy) is 1. The van der Waals surface area contributed by atoms with Crippen molar-refractivity contribution in [2.45, 2.75) is 17.7 Å². The van der Waals surface area contributed by atoms with E-state index in [0.29, 0.717) is 31.0 Å². The molecular formula is C18H28ClN3O3S. The first-order chi connectivity index (χ1) is 12.2. The number of amides is 2. The van der Waals surface area contributed by atoms with Crippen molar-refractivity contribution in [3.8, 4) is 0 Å². The molecule has 6 nitrogen and oxygen atoms in total. The van der Waals surface area contributed by atoms with Gasteiger partial charge in [0, 0.05) is 44.7 Å². The summed E-state index contributed by atoms with van der Waals surface area (Å²) in [5, 5.41) is 6.09. The summed E-state index contributed by atoms with van der Waals surface area (Å²) in [4.78, 5) is 27.3. The molecule has 146 valence electrons. The molecule has 2 rings (SSSR count). The first-order valence-electron chi connectivity index (χ1n) is 8.70. The number of nitrogens with zero attached hydrogens (tertiary/aromatic N) is 1. The third-order valence-corrected chi connectivity index (χ3v) is 5.07. The zero-order valence-electron chi connectivity index (χ0n) is 15.2. The Bertz CT molecular complexity index is 568. The predicted octanol–water partition coefficient (Wildman–Crippen LogP) is 1.79. The minimum absolute atomic E-state index is 0. The monoisotopic (exact) mass is 401 g/mol. The molecule has 1 aliphatic rings. The maximum Gasteiger partial charge on any atom is 0.252 e. The topological polar surface area (TPSA) is 70.7 Å². The Morgan fingerprint density at radius 2 is 1.88 bits per heavy atom. The molecule has 2 N–H and O–H groups in total. The first-order valence-corrected chi connectivity index (χ1v) is 9.68. The van der Waals surface area contributed by atoms with Gasteiger partial charge in [-0.1, -0.05) is 12.1 Å². The Balaban J connectivity index is 0.00000338. The van der Waals surface area contributed by atoms with Crippen LogP contribution in [-0.2, 0) is 9.53 Å². The van der Waals surface area contributed by atoms with Crippen LogP contribution < -0.4 is 10.6 Å². The molecular weight excluding hydrogens is 374 g/mol. The molecule has 2 amide bonds. The molecule has 1 aliphatic heterocycles. The smallest absolute Gasteiger partial charge is 0.252 e. The molecule has 1 aromatic carbocycles. The quantitative estimate of drug-likeness (QED) is 0.462. The lowest BCUT2D eigenvalue weighted by atomic mass is 10.2. The Hall–Kier alpha value is -1.28. The van der Waals surface area contributed by atoms with Crippen LogP contribution in [-0.4, -0.2) is 68.9 Å². The van der Waals surface area contributed by atoms with E-state index in [1.54, 1.807) is 13.2 Å². The maximum absolute atomic E-state index is 12.4. The minimum atomic E-state index is -0.106. The fourth-order valence-electron chi connectivity index (χ4n) is 2.64. The Morgan fingerprint density at radius 3 is 2.62 bits per heavy atom. The molecule has 0 atom stereocenters. The summed E-state index contributed by atoms with van der Waals surface area (Å²) >= 11 is 1.44. The van der Waals surface area contributed by atoms with E-state index in [2.05, 4.69) is 10.6 Å². The number of rotatable bonds is 10. The van der Waals surface area contributed by atoms with E-state index in [1.807, 2.05) is 23.1 Å². The van der Waals surface area contributed by atoms with Gasteiger partial charge in [0.05, 0.1) is 17.9 Å². The lowest BCUT2D eigenvalue weighted by molar-refractivity contribution is -0.127. The van der Waals surface area contributed by atoms with Crippen molar-refractivity contribution < 1.29 is 14.3 Å². The molecule has 1 aromatic rings. The highest BCUT2D eigenvalue weighted by atomic mass is 35.5. The molecule has 0 saturated carbocycles. The first kappa shape index (κ1) is 22.8. The predicted molar refractivity (Wildman–Crippen MR) is 107 cm³/mol. The van der Waals surface area contributed by atoms with Crippen LogP contribution in [0.2, 0.25) is 0 Å². The molecule has 1 fully saturated rings. The van der Waals surface area contributed by atoms with Crippen molar-refractivity contribution in [2.75, 3.05) is 52.2 Å². The fourth-order valence-corrected chi connectivity index (χ4v) is 3.59. The summed E-state index contributed by atoms with van der Waals surface area (Å²) < 4.78 is 4.95. The fraction of sp³-hybridized carbons (Fsp3) is 0.556. The van der Waals surface area contributed by atoms with Gasteiger partial charge in [-0.05, 0) is 25.0 Å². The number of methoxy groups -OCH3 is 1. The Morgan fingerprint density at radius 1 is 1.15 bits per heavy atom. The number of carbonyl (C=O) groups excluding carboxylic acids is 2. The van der Waals surface area contributed by atoms with Gasteiger partial charge in [-0.15, -0.1) is 24.2 Å². The number of hydrogen-bond acceptors (Lipinski definition) is 5. The molecule has 0 aromatic heterocycles. The van der Waals surface area contributed by atoms with Crippen LogP contribution in [0, 0.1) is 0 Å². The number of nitrogens with one attached hydrogen (secondary N) is 2. The van der Waals surface area contributed by atoms with Crippen molar-refractivity contribution in [3.63, 3.8) is 0 Å². The molecule has 0 unspecified atom stereocenters. The van der Waals surface area contributed by atoms with E-state index in [-0.39, 0.29) is 24.2 Å². The second-order valence-corrected chi connectivity index (χ2v) is 6.89. The van der Waals surface area contributed by atoms with Crippen LogP contribution in [0.25, 0.3) is 0 Å². The van der Waals surface area contributed by atoms with Crippen LogP contribution in [0.15, 0.2) is 29.2 Å². The van der Waals surface area contributed by atoms with E-state index in [1.165, 1.54) is 11.8 Å². The lowest BCUT2D eigenvalue weighted by Gasteiger charge is -2.15. The van der Waals surface area contributed by atoms with Crippen LogP contribution in [0.4, 0.5) is 0 Å². The van der Waals surface area contributed by atoms with Gasteiger partial charge in [-0.3, -0.25) is 9.59 Å².